The minimum atomic E-state index is -0.265. The molecule has 2 heterocycles. The van der Waals surface area contributed by atoms with Crippen molar-refractivity contribution in [1.82, 2.24) is 0 Å². The van der Waals surface area contributed by atoms with Crippen LogP contribution < -0.4 is 9.47 Å². The molecule has 9 rings (SSSR count). The lowest BCUT2D eigenvalue weighted by molar-refractivity contribution is 0.0726. The van der Waals surface area contributed by atoms with E-state index in [-0.39, 0.29) is 35.6 Å². The Morgan fingerprint density at radius 2 is 0.773 bits per heavy atom. The van der Waals surface area contributed by atoms with Crippen LogP contribution in [0.2, 0.25) is 0 Å². The lowest BCUT2D eigenvalue weighted by Crippen LogP contribution is -2.20. The van der Waals surface area contributed by atoms with Gasteiger partial charge in [0, 0.05) is 34.8 Å². The van der Waals surface area contributed by atoms with Crippen LogP contribution in [0, 0.1) is 0 Å². The number of carbonyl (C=O) groups excluding carboxylic acids is 2. The van der Waals surface area contributed by atoms with Crippen molar-refractivity contribution < 1.29 is 19.1 Å². The number of benzene rings is 4. The molecular formula is C40H36O4. The van der Waals surface area contributed by atoms with Crippen molar-refractivity contribution >= 4 is 11.9 Å². The predicted octanol–water partition coefficient (Wildman–Crippen LogP) is 9.04. The molecule has 4 heteroatoms. The van der Waals surface area contributed by atoms with Gasteiger partial charge in [0.05, 0.1) is 11.1 Å². The first-order chi connectivity index (χ1) is 21.4. The zero-order valence-corrected chi connectivity index (χ0v) is 25.8. The lowest BCUT2D eigenvalue weighted by Gasteiger charge is -2.33. The highest BCUT2D eigenvalue weighted by Crippen LogP contribution is 2.52. The van der Waals surface area contributed by atoms with Gasteiger partial charge in [-0.2, -0.15) is 0 Å². The van der Waals surface area contributed by atoms with Crippen molar-refractivity contribution in [3.05, 3.63) is 126 Å². The number of hydrogen-bond donors (Lipinski definition) is 0. The first kappa shape index (κ1) is 26.2. The maximum Gasteiger partial charge on any atom is 0.343 e. The third-order valence-corrected chi connectivity index (χ3v) is 11.4. The summed E-state index contributed by atoms with van der Waals surface area (Å²) in [6.07, 6.45) is 5.05. The van der Waals surface area contributed by atoms with E-state index in [1.807, 2.05) is 0 Å². The summed E-state index contributed by atoms with van der Waals surface area (Å²) in [5.74, 6) is 1.38. The fraction of sp³-hybridized carbons (Fsp3) is 0.350. The number of ether oxygens (including phenoxy) is 2. The van der Waals surface area contributed by atoms with E-state index >= 15 is 0 Å². The normalized spacial score (nSPS) is 22.7. The van der Waals surface area contributed by atoms with E-state index in [0.29, 0.717) is 35.5 Å². The van der Waals surface area contributed by atoms with Gasteiger partial charge in [0.15, 0.2) is 0 Å². The molecular weight excluding hydrogens is 544 g/mol. The molecule has 0 fully saturated rings. The highest BCUT2D eigenvalue weighted by Gasteiger charge is 2.38. The molecule has 3 aliphatic carbocycles. The Hall–Kier alpha value is -4.18. The Labute approximate surface area is 258 Å². The fourth-order valence-corrected chi connectivity index (χ4v) is 9.38. The monoisotopic (exact) mass is 580 g/mol. The van der Waals surface area contributed by atoms with Crippen LogP contribution in [0.1, 0.15) is 165 Å². The summed E-state index contributed by atoms with van der Waals surface area (Å²) >= 11 is 0. The van der Waals surface area contributed by atoms with E-state index in [0.717, 1.165) is 59.1 Å². The van der Waals surface area contributed by atoms with Gasteiger partial charge in [-0.25, -0.2) is 9.59 Å². The standard InChI is InChI=1S/C40H36O4/c1-5-23-27-15-31-25(7-3)33-17-29-21-10-22-14-38-34(18-30(22)24(29)6-2)26(8-4)32-16-28(23)20(12-36(32)40(42)44-38)9-19(27)11-35(31)39(41)43-37(33)13-21/h11-18,23-26H,5-10H2,1-4H3. The van der Waals surface area contributed by atoms with Gasteiger partial charge in [0.2, 0.25) is 0 Å². The minimum absolute atomic E-state index is 0.0706. The molecule has 2 atom stereocenters. The van der Waals surface area contributed by atoms with E-state index in [2.05, 4.69) is 76.2 Å². The van der Waals surface area contributed by atoms with Crippen molar-refractivity contribution in [2.75, 3.05) is 0 Å². The third-order valence-electron chi connectivity index (χ3n) is 11.4. The first-order valence-electron chi connectivity index (χ1n) is 16.5. The molecule has 4 nitrogen and oxygen atoms in total. The minimum Gasteiger partial charge on any atom is -0.423 e. The first-order valence-corrected chi connectivity index (χ1v) is 16.5. The topological polar surface area (TPSA) is 52.6 Å². The van der Waals surface area contributed by atoms with Crippen molar-refractivity contribution in [3.63, 3.8) is 0 Å². The number of rotatable bonds is 4. The largest absolute Gasteiger partial charge is 0.423 e. The summed E-state index contributed by atoms with van der Waals surface area (Å²) in [5, 5.41) is 0. The second-order valence-electron chi connectivity index (χ2n) is 13.4. The summed E-state index contributed by atoms with van der Waals surface area (Å²) in [5.41, 5.74) is 15.7. The summed E-state index contributed by atoms with van der Waals surface area (Å²) in [6, 6.07) is 17.9. The summed E-state index contributed by atoms with van der Waals surface area (Å²) in [4.78, 5) is 27.8. The molecule has 0 aromatic heterocycles. The zero-order chi connectivity index (χ0) is 30.0. The van der Waals surface area contributed by atoms with Gasteiger partial charge in [0.1, 0.15) is 11.5 Å². The second-order valence-corrected chi connectivity index (χ2v) is 13.4. The van der Waals surface area contributed by atoms with Crippen LogP contribution in [0.25, 0.3) is 0 Å². The van der Waals surface area contributed by atoms with Crippen LogP contribution in [-0.4, -0.2) is 11.9 Å². The predicted molar refractivity (Wildman–Crippen MR) is 170 cm³/mol. The number of carbonyl (C=O) groups is 2. The highest BCUT2D eigenvalue weighted by molar-refractivity contribution is 5.96. The summed E-state index contributed by atoms with van der Waals surface area (Å²) in [6.45, 7) is 8.96. The molecule has 44 heavy (non-hydrogen) atoms. The van der Waals surface area contributed by atoms with Gasteiger partial charge >= 0.3 is 11.9 Å². The fourth-order valence-electron chi connectivity index (χ4n) is 9.38. The van der Waals surface area contributed by atoms with E-state index in [1.165, 1.54) is 33.4 Å². The zero-order valence-electron chi connectivity index (χ0n) is 25.8. The van der Waals surface area contributed by atoms with Crippen LogP contribution in [0.15, 0.2) is 48.5 Å². The molecule has 0 N–H and O–H groups in total. The summed E-state index contributed by atoms with van der Waals surface area (Å²) in [7, 11) is 0. The third kappa shape index (κ3) is 3.34. The van der Waals surface area contributed by atoms with Gasteiger partial charge in [-0.3, -0.25) is 0 Å². The molecule has 0 saturated carbocycles. The average molecular weight is 581 g/mol. The maximum absolute atomic E-state index is 13.9. The number of hydrogen-bond acceptors (Lipinski definition) is 4. The van der Waals surface area contributed by atoms with Crippen LogP contribution in [0.3, 0.4) is 0 Å². The lowest BCUT2D eigenvalue weighted by atomic mass is 9.70. The van der Waals surface area contributed by atoms with Crippen LogP contribution in [0.5, 0.6) is 11.5 Å². The van der Waals surface area contributed by atoms with Crippen molar-refractivity contribution in [2.45, 2.75) is 89.9 Å². The van der Waals surface area contributed by atoms with E-state index in [1.54, 1.807) is 0 Å². The van der Waals surface area contributed by atoms with E-state index in [9.17, 15) is 9.59 Å². The van der Waals surface area contributed by atoms with Gasteiger partial charge in [-0.1, -0.05) is 52.0 Å². The molecule has 0 spiro atoms. The van der Waals surface area contributed by atoms with Crippen molar-refractivity contribution in [1.29, 1.82) is 0 Å². The Kier molecular flexibility index (Phi) is 5.47. The Morgan fingerprint density at radius 1 is 0.455 bits per heavy atom. The smallest absolute Gasteiger partial charge is 0.343 e. The molecule has 0 amide bonds. The van der Waals surface area contributed by atoms with Crippen LogP contribution in [-0.2, 0) is 12.8 Å². The van der Waals surface area contributed by atoms with Crippen molar-refractivity contribution in [2.24, 2.45) is 0 Å². The van der Waals surface area contributed by atoms with Crippen molar-refractivity contribution in [3.8, 4) is 11.5 Å². The molecule has 4 aromatic carbocycles. The Balaban J connectivity index is 1.44. The molecule has 8 bridgehead atoms. The molecule has 5 aliphatic rings. The summed E-state index contributed by atoms with van der Waals surface area (Å²) < 4.78 is 12.5. The van der Waals surface area contributed by atoms with Gasteiger partial charge in [0.25, 0.3) is 0 Å². The Bertz CT molecular complexity index is 1840. The molecule has 2 aliphatic heterocycles. The molecule has 2 unspecified atom stereocenters. The number of esters is 2. The van der Waals surface area contributed by atoms with Gasteiger partial charge in [-0.05, 0) is 118 Å². The van der Waals surface area contributed by atoms with Gasteiger partial charge in [-0.15, -0.1) is 0 Å². The molecule has 4 aromatic rings. The SMILES string of the molecule is CCC1c2cc3c4cc2Cc2cc5c(cc21)C(CC)c1cc2c(cc1C(=O)O5)Cc1cc(c(cc1C2CC)C3CC)C(=O)O4. The van der Waals surface area contributed by atoms with E-state index in [4.69, 9.17) is 9.47 Å². The maximum atomic E-state index is 13.9. The molecule has 0 radical (unpaired) electrons. The second kappa shape index (κ2) is 9.17. The highest BCUT2D eigenvalue weighted by atomic mass is 16.5. The van der Waals surface area contributed by atoms with Gasteiger partial charge < -0.3 is 9.47 Å². The quantitative estimate of drug-likeness (QED) is 0.179. The van der Waals surface area contributed by atoms with E-state index < -0.39 is 0 Å². The van der Waals surface area contributed by atoms with Crippen LogP contribution in [0.4, 0.5) is 0 Å². The average Bonchev–Trinajstić information content (AvgIpc) is 3.20. The van der Waals surface area contributed by atoms with Crippen LogP contribution >= 0.6 is 0 Å². The molecule has 0 saturated heterocycles. The Morgan fingerprint density at radius 3 is 1.14 bits per heavy atom. The molecule has 220 valence electrons.